The number of hydrogen-bond donors (Lipinski definition) is 0. The summed E-state index contributed by atoms with van der Waals surface area (Å²) in [5.74, 6) is 0.495. The van der Waals surface area contributed by atoms with Crippen molar-refractivity contribution in [3.63, 3.8) is 0 Å². The van der Waals surface area contributed by atoms with Gasteiger partial charge in [0.2, 0.25) is 0 Å². The Morgan fingerprint density at radius 1 is 0.905 bits per heavy atom. The topological polar surface area (TPSA) is 9.23 Å². The first-order chi connectivity index (χ1) is 10.1. The third-order valence-corrected chi connectivity index (χ3v) is 3.83. The zero-order valence-corrected chi connectivity index (χ0v) is 12.9. The van der Waals surface area contributed by atoms with Crippen LogP contribution in [0, 0.1) is 11.7 Å². The van der Waals surface area contributed by atoms with E-state index in [1.807, 2.05) is 30.3 Å². The van der Waals surface area contributed by atoms with Crippen molar-refractivity contribution < 1.29 is 9.13 Å². The highest BCUT2D eigenvalue weighted by Gasteiger charge is 2.23. The van der Waals surface area contributed by atoms with Crippen LogP contribution in [-0.2, 0) is 11.3 Å². The molecule has 0 amide bonds. The van der Waals surface area contributed by atoms with Gasteiger partial charge in [0.1, 0.15) is 5.82 Å². The molecule has 0 aromatic heterocycles. The molecule has 2 rings (SSSR count). The molecular weight excluding hydrogens is 263 g/mol. The lowest BCUT2D eigenvalue weighted by Gasteiger charge is -2.28. The molecule has 1 nitrogen and oxygen atoms in total. The molecule has 0 saturated carbocycles. The molecule has 0 radical (unpaired) electrons. The Balaban J connectivity index is 2.05. The fraction of sp³-hybridized carbons (Fsp3) is 0.368. The first-order valence-electron chi connectivity index (χ1n) is 7.49. The molecule has 0 aliphatic heterocycles. The van der Waals surface area contributed by atoms with Crippen LogP contribution in [0.5, 0.6) is 0 Å². The quantitative estimate of drug-likeness (QED) is 0.711. The summed E-state index contributed by atoms with van der Waals surface area (Å²) in [6.45, 7) is 7.05. The van der Waals surface area contributed by atoms with Gasteiger partial charge in [-0.2, -0.15) is 0 Å². The average Bonchev–Trinajstić information content (AvgIpc) is 2.48. The summed E-state index contributed by atoms with van der Waals surface area (Å²) in [6.07, 6.45) is 0.0793. The van der Waals surface area contributed by atoms with Crippen molar-refractivity contribution in [3.05, 3.63) is 71.5 Å². The molecule has 0 aliphatic rings. The molecular formula is C19H23FO. The molecule has 0 bridgehead atoms. The van der Waals surface area contributed by atoms with Crippen molar-refractivity contribution in [1.29, 1.82) is 0 Å². The van der Waals surface area contributed by atoms with Crippen LogP contribution >= 0.6 is 0 Å². The van der Waals surface area contributed by atoms with Crippen LogP contribution in [0.3, 0.4) is 0 Å². The normalized spacial score (nSPS) is 14.1. The molecule has 2 heteroatoms. The van der Waals surface area contributed by atoms with Crippen LogP contribution in [0.15, 0.2) is 54.6 Å². The highest BCUT2D eigenvalue weighted by molar-refractivity contribution is 5.22. The number of benzene rings is 2. The largest absolute Gasteiger partial charge is 0.373 e. The van der Waals surface area contributed by atoms with Crippen molar-refractivity contribution in [2.45, 2.75) is 39.4 Å². The van der Waals surface area contributed by atoms with Gasteiger partial charge in [0, 0.05) is 5.92 Å². The van der Waals surface area contributed by atoms with E-state index in [1.165, 1.54) is 17.7 Å². The second kappa shape index (κ2) is 7.37. The van der Waals surface area contributed by atoms with Gasteiger partial charge in [0.05, 0.1) is 12.7 Å². The van der Waals surface area contributed by atoms with E-state index in [4.69, 9.17) is 4.74 Å². The lowest BCUT2D eigenvalue weighted by molar-refractivity contribution is 0.0239. The zero-order chi connectivity index (χ0) is 15.2. The van der Waals surface area contributed by atoms with E-state index >= 15 is 0 Å². The average molecular weight is 286 g/mol. The monoisotopic (exact) mass is 286 g/mol. The van der Waals surface area contributed by atoms with Crippen LogP contribution < -0.4 is 0 Å². The molecule has 0 heterocycles. The van der Waals surface area contributed by atoms with Crippen LogP contribution in [0.25, 0.3) is 0 Å². The van der Waals surface area contributed by atoms with E-state index in [-0.39, 0.29) is 17.8 Å². The van der Waals surface area contributed by atoms with Gasteiger partial charge in [-0.1, -0.05) is 56.3 Å². The standard InChI is InChI=1S/C19H23FO/c1-14(2)19(17-9-11-18(20)12-10-17)15(3)21-13-16-7-5-4-6-8-16/h4-12,14-15,19H,13H2,1-3H3. The minimum absolute atomic E-state index is 0.0793. The Morgan fingerprint density at radius 2 is 1.52 bits per heavy atom. The van der Waals surface area contributed by atoms with Crippen molar-refractivity contribution in [2.24, 2.45) is 5.92 Å². The van der Waals surface area contributed by atoms with Gasteiger partial charge < -0.3 is 4.74 Å². The molecule has 2 atom stereocenters. The number of hydrogen-bond acceptors (Lipinski definition) is 1. The summed E-state index contributed by atoms with van der Waals surface area (Å²) >= 11 is 0. The summed E-state index contributed by atoms with van der Waals surface area (Å²) in [5, 5.41) is 0. The van der Waals surface area contributed by atoms with Gasteiger partial charge in [0.15, 0.2) is 0 Å². The Kier molecular flexibility index (Phi) is 5.51. The lowest BCUT2D eigenvalue weighted by atomic mass is 9.84. The second-order valence-corrected chi connectivity index (χ2v) is 5.82. The summed E-state index contributed by atoms with van der Waals surface area (Å²) < 4.78 is 19.1. The van der Waals surface area contributed by atoms with Gasteiger partial charge in [-0.3, -0.25) is 0 Å². The molecule has 0 saturated heterocycles. The highest BCUT2D eigenvalue weighted by Crippen LogP contribution is 2.30. The smallest absolute Gasteiger partial charge is 0.123 e. The summed E-state index contributed by atoms with van der Waals surface area (Å²) in [4.78, 5) is 0. The van der Waals surface area contributed by atoms with E-state index in [2.05, 4.69) is 32.9 Å². The predicted molar refractivity (Wildman–Crippen MR) is 84.7 cm³/mol. The molecule has 0 spiro atoms. The Hall–Kier alpha value is -1.67. The fourth-order valence-corrected chi connectivity index (χ4v) is 2.79. The van der Waals surface area contributed by atoms with Crippen LogP contribution in [-0.4, -0.2) is 6.10 Å². The first-order valence-corrected chi connectivity index (χ1v) is 7.49. The summed E-state index contributed by atoms with van der Waals surface area (Å²) in [7, 11) is 0. The Morgan fingerprint density at radius 3 is 2.10 bits per heavy atom. The summed E-state index contributed by atoms with van der Waals surface area (Å²) in [6, 6.07) is 16.9. The second-order valence-electron chi connectivity index (χ2n) is 5.82. The maximum Gasteiger partial charge on any atom is 0.123 e. The maximum absolute atomic E-state index is 13.1. The molecule has 112 valence electrons. The van der Waals surface area contributed by atoms with Crippen molar-refractivity contribution in [3.8, 4) is 0 Å². The van der Waals surface area contributed by atoms with Gasteiger partial charge >= 0.3 is 0 Å². The minimum atomic E-state index is -0.195. The van der Waals surface area contributed by atoms with Gasteiger partial charge in [-0.05, 0) is 36.1 Å². The summed E-state index contributed by atoms with van der Waals surface area (Å²) in [5.41, 5.74) is 2.30. The van der Waals surface area contributed by atoms with E-state index < -0.39 is 0 Å². The van der Waals surface area contributed by atoms with E-state index in [0.29, 0.717) is 12.5 Å². The number of halogens is 1. The van der Waals surface area contributed by atoms with Crippen LogP contribution in [0.2, 0.25) is 0 Å². The first kappa shape index (κ1) is 15.7. The molecule has 2 aromatic carbocycles. The van der Waals surface area contributed by atoms with Crippen molar-refractivity contribution in [1.82, 2.24) is 0 Å². The number of ether oxygens (including phenoxy) is 1. The maximum atomic E-state index is 13.1. The van der Waals surface area contributed by atoms with Crippen LogP contribution in [0.1, 0.15) is 37.8 Å². The molecule has 21 heavy (non-hydrogen) atoms. The zero-order valence-electron chi connectivity index (χ0n) is 12.9. The van der Waals surface area contributed by atoms with E-state index in [0.717, 1.165) is 5.56 Å². The molecule has 0 fully saturated rings. The molecule has 2 aromatic rings. The third kappa shape index (κ3) is 4.40. The molecule has 0 N–H and O–H groups in total. The van der Waals surface area contributed by atoms with Crippen molar-refractivity contribution in [2.75, 3.05) is 0 Å². The minimum Gasteiger partial charge on any atom is -0.373 e. The van der Waals surface area contributed by atoms with Gasteiger partial charge in [-0.25, -0.2) is 4.39 Å². The number of rotatable bonds is 6. The SMILES string of the molecule is CC(C)C(c1ccc(F)cc1)C(C)OCc1ccccc1. The van der Waals surface area contributed by atoms with E-state index in [9.17, 15) is 4.39 Å². The Bertz CT molecular complexity index is 533. The van der Waals surface area contributed by atoms with Gasteiger partial charge in [-0.15, -0.1) is 0 Å². The predicted octanol–water partition coefficient (Wildman–Crippen LogP) is 5.17. The van der Waals surface area contributed by atoms with Crippen molar-refractivity contribution >= 4 is 0 Å². The highest BCUT2D eigenvalue weighted by atomic mass is 19.1. The van der Waals surface area contributed by atoms with Crippen LogP contribution in [0.4, 0.5) is 4.39 Å². The third-order valence-electron chi connectivity index (χ3n) is 3.83. The fourth-order valence-electron chi connectivity index (χ4n) is 2.79. The molecule has 0 aliphatic carbocycles. The van der Waals surface area contributed by atoms with E-state index in [1.54, 1.807) is 0 Å². The Labute approximate surface area is 126 Å². The van der Waals surface area contributed by atoms with Gasteiger partial charge in [0.25, 0.3) is 0 Å². The lowest BCUT2D eigenvalue weighted by Crippen LogP contribution is -2.23. The molecule has 2 unspecified atom stereocenters.